The normalized spacial score (nSPS) is 17.4. The summed E-state index contributed by atoms with van der Waals surface area (Å²) in [6.45, 7) is 6.30. The number of β-amino-alcohol motifs (C(OH)–C–C–N with tert-alkyl or cyclic N) is 1. The Hall–Kier alpha value is -3.27. The van der Waals surface area contributed by atoms with E-state index in [1.54, 1.807) is 38.3 Å². The number of carbonyl (C=O) groups is 1. The summed E-state index contributed by atoms with van der Waals surface area (Å²) in [4.78, 5) is 17.8. The third-order valence-corrected chi connectivity index (χ3v) is 6.50. The highest BCUT2D eigenvalue weighted by molar-refractivity contribution is 6.16. The maximum absolute atomic E-state index is 13.4. The number of hydrogen-bond acceptors (Lipinski definition) is 9. The van der Waals surface area contributed by atoms with Gasteiger partial charge < -0.3 is 29.2 Å². The Balaban J connectivity index is 1.65. The van der Waals surface area contributed by atoms with Gasteiger partial charge in [0, 0.05) is 44.8 Å². The van der Waals surface area contributed by atoms with Crippen LogP contribution in [0.15, 0.2) is 24.0 Å². The largest absolute Gasteiger partial charge is 0.507 e. The molecule has 2 aromatic rings. The average Bonchev–Trinajstić information content (AvgIpc) is 3.18. The van der Waals surface area contributed by atoms with Gasteiger partial charge in [-0.05, 0) is 36.8 Å². The number of aromatic hydroxyl groups is 1. The molecule has 4 rings (SSSR count). The van der Waals surface area contributed by atoms with Gasteiger partial charge in [-0.2, -0.15) is 0 Å². The van der Waals surface area contributed by atoms with Crippen molar-refractivity contribution in [3.63, 3.8) is 0 Å². The van der Waals surface area contributed by atoms with Crippen molar-refractivity contribution in [1.29, 1.82) is 0 Å². The maximum Gasteiger partial charge on any atom is 0.232 e. The van der Waals surface area contributed by atoms with Gasteiger partial charge in [-0.25, -0.2) is 0 Å². The second kappa shape index (κ2) is 10.6. The second-order valence-corrected chi connectivity index (χ2v) is 8.60. The van der Waals surface area contributed by atoms with Crippen molar-refractivity contribution in [2.45, 2.75) is 13.5 Å². The number of Topliss-reactive ketones (excluding diaryl/α,β-unsaturated/α-hetero) is 1. The lowest BCUT2D eigenvalue weighted by Crippen LogP contribution is -2.46. The summed E-state index contributed by atoms with van der Waals surface area (Å²) >= 11 is 0. The number of phenols is 1. The molecule has 1 fully saturated rings. The van der Waals surface area contributed by atoms with Crippen molar-refractivity contribution in [3.05, 3.63) is 46.2 Å². The molecule has 188 valence electrons. The summed E-state index contributed by atoms with van der Waals surface area (Å²) in [5.41, 5.74) is 2.31. The van der Waals surface area contributed by atoms with Gasteiger partial charge in [-0.3, -0.25) is 14.6 Å². The van der Waals surface area contributed by atoms with Gasteiger partial charge in [0.25, 0.3) is 0 Å². The van der Waals surface area contributed by atoms with Crippen LogP contribution in [0.3, 0.4) is 0 Å². The number of nitrogens with zero attached hydrogens (tertiary/aromatic N) is 2. The number of aryl methyl sites for hydroxylation is 1. The fraction of sp³-hybridized carbons (Fsp3) is 0.423. The number of carbonyl (C=O) groups excluding carboxylic acids is 1. The Labute approximate surface area is 205 Å². The Bertz CT molecular complexity index is 1140. The van der Waals surface area contributed by atoms with Crippen molar-refractivity contribution in [2.24, 2.45) is 0 Å². The molecule has 35 heavy (non-hydrogen) atoms. The molecular weight excluding hydrogens is 452 g/mol. The van der Waals surface area contributed by atoms with Crippen LogP contribution in [0, 0.1) is 6.92 Å². The molecule has 0 atom stereocenters. The number of fused-ring (bicyclic) bond motifs is 1. The van der Waals surface area contributed by atoms with E-state index in [9.17, 15) is 9.90 Å². The first-order valence-electron chi connectivity index (χ1n) is 11.6. The van der Waals surface area contributed by atoms with Gasteiger partial charge in [0.05, 0.1) is 39.1 Å². The first-order valence-corrected chi connectivity index (χ1v) is 11.6. The molecule has 0 aromatic heterocycles. The fourth-order valence-corrected chi connectivity index (χ4v) is 4.65. The first kappa shape index (κ1) is 24.8. The molecule has 0 saturated carbocycles. The summed E-state index contributed by atoms with van der Waals surface area (Å²) in [5, 5.41) is 19.9. The molecule has 0 bridgehead atoms. The number of aliphatic hydroxyl groups excluding tert-OH is 1. The minimum absolute atomic E-state index is 0.108. The number of ether oxygens (including phenoxy) is 4. The molecule has 0 spiro atoms. The van der Waals surface area contributed by atoms with E-state index in [2.05, 4.69) is 9.80 Å². The monoisotopic (exact) mass is 484 g/mol. The number of hydrogen-bond donors (Lipinski definition) is 2. The number of ketones is 1. The third kappa shape index (κ3) is 4.80. The summed E-state index contributed by atoms with van der Waals surface area (Å²) < 4.78 is 22.4. The molecule has 2 heterocycles. The van der Waals surface area contributed by atoms with Crippen LogP contribution < -0.4 is 18.9 Å². The molecule has 9 nitrogen and oxygen atoms in total. The second-order valence-electron chi connectivity index (χ2n) is 8.60. The molecule has 2 N–H and O–H groups in total. The van der Waals surface area contributed by atoms with Crippen molar-refractivity contribution in [2.75, 3.05) is 60.7 Å². The van der Waals surface area contributed by atoms with Crippen LogP contribution in [0.5, 0.6) is 28.7 Å². The fourth-order valence-electron chi connectivity index (χ4n) is 4.65. The van der Waals surface area contributed by atoms with E-state index in [0.29, 0.717) is 58.3 Å². The molecule has 2 aromatic carbocycles. The van der Waals surface area contributed by atoms with Crippen molar-refractivity contribution in [3.8, 4) is 28.7 Å². The lowest BCUT2D eigenvalue weighted by Gasteiger charge is -2.34. The summed E-state index contributed by atoms with van der Waals surface area (Å²) in [7, 11) is 4.58. The molecule has 1 saturated heterocycles. The number of methoxy groups -OCH3 is 3. The van der Waals surface area contributed by atoms with Crippen LogP contribution in [0.25, 0.3) is 6.08 Å². The standard InChI is InChI=1S/C26H32N2O7/c1-16-13-19(30)18(15-28-9-7-27(8-10-28)11-12-29)25-22(16)23(31)21(35-25)14-17-5-6-20(32-2)26(34-4)24(17)33-3/h5-6,13-14,29-30H,7-12,15H2,1-4H3/b21-14+. The zero-order valence-electron chi connectivity index (χ0n) is 20.6. The predicted octanol–water partition coefficient (Wildman–Crippen LogP) is 2.45. The number of rotatable bonds is 8. The topological polar surface area (TPSA) is 101 Å². The highest BCUT2D eigenvalue weighted by atomic mass is 16.5. The Morgan fingerprint density at radius 2 is 1.71 bits per heavy atom. The van der Waals surface area contributed by atoms with E-state index >= 15 is 0 Å². The Morgan fingerprint density at radius 3 is 2.34 bits per heavy atom. The van der Waals surface area contributed by atoms with Gasteiger partial charge in [-0.1, -0.05) is 0 Å². The summed E-state index contributed by atoms with van der Waals surface area (Å²) in [5.74, 6) is 1.76. The van der Waals surface area contributed by atoms with Crippen LogP contribution >= 0.6 is 0 Å². The minimum atomic E-state index is -0.247. The Kier molecular flexibility index (Phi) is 7.49. The zero-order valence-corrected chi connectivity index (χ0v) is 20.6. The molecule has 2 aliphatic rings. The van der Waals surface area contributed by atoms with E-state index in [0.717, 1.165) is 26.2 Å². The van der Waals surface area contributed by atoms with Crippen LogP contribution in [0.2, 0.25) is 0 Å². The SMILES string of the molecule is COc1ccc(/C=C2/Oc3c(CN4CCN(CCO)CC4)c(O)cc(C)c3C2=O)c(OC)c1OC. The predicted molar refractivity (Wildman–Crippen MR) is 131 cm³/mol. The van der Waals surface area contributed by atoms with E-state index in [-0.39, 0.29) is 23.9 Å². The third-order valence-electron chi connectivity index (χ3n) is 6.50. The number of allylic oxidation sites excluding steroid dienone is 1. The molecule has 0 unspecified atom stereocenters. The van der Waals surface area contributed by atoms with Crippen LogP contribution in [-0.2, 0) is 6.54 Å². The Morgan fingerprint density at radius 1 is 1.03 bits per heavy atom. The number of phenolic OH excluding ortho intramolecular Hbond substituents is 1. The average molecular weight is 485 g/mol. The van der Waals surface area contributed by atoms with Gasteiger partial charge >= 0.3 is 0 Å². The van der Waals surface area contributed by atoms with Gasteiger partial charge in [-0.15, -0.1) is 0 Å². The summed E-state index contributed by atoms with van der Waals surface area (Å²) in [6, 6.07) is 5.13. The quantitative estimate of drug-likeness (QED) is 0.547. The number of benzene rings is 2. The summed E-state index contributed by atoms with van der Waals surface area (Å²) in [6.07, 6.45) is 1.62. The molecule has 0 radical (unpaired) electrons. The van der Waals surface area contributed by atoms with E-state index in [1.807, 2.05) is 0 Å². The smallest absolute Gasteiger partial charge is 0.232 e. The number of piperazine rings is 1. The molecule has 0 amide bonds. The molecular formula is C26H32N2O7. The molecule has 2 aliphatic heterocycles. The molecule has 9 heteroatoms. The van der Waals surface area contributed by atoms with Gasteiger partial charge in [0.15, 0.2) is 17.3 Å². The van der Waals surface area contributed by atoms with Crippen LogP contribution in [0.1, 0.15) is 27.0 Å². The van der Waals surface area contributed by atoms with E-state index in [1.165, 1.54) is 14.2 Å². The molecule has 0 aliphatic carbocycles. The number of aliphatic hydroxyl groups is 1. The van der Waals surface area contributed by atoms with Gasteiger partial charge in [0.1, 0.15) is 11.5 Å². The van der Waals surface area contributed by atoms with Crippen LogP contribution in [-0.4, -0.2) is 86.5 Å². The zero-order chi connectivity index (χ0) is 25.1. The van der Waals surface area contributed by atoms with Crippen molar-refractivity contribution < 1.29 is 34.0 Å². The maximum atomic E-state index is 13.4. The minimum Gasteiger partial charge on any atom is -0.507 e. The lowest BCUT2D eigenvalue weighted by atomic mass is 9.99. The highest BCUT2D eigenvalue weighted by Crippen LogP contribution is 2.44. The van der Waals surface area contributed by atoms with Crippen molar-refractivity contribution >= 4 is 11.9 Å². The highest BCUT2D eigenvalue weighted by Gasteiger charge is 2.34. The van der Waals surface area contributed by atoms with Crippen LogP contribution in [0.4, 0.5) is 0 Å². The van der Waals surface area contributed by atoms with E-state index < -0.39 is 0 Å². The first-order chi connectivity index (χ1) is 16.9. The van der Waals surface area contributed by atoms with E-state index in [4.69, 9.17) is 24.1 Å². The van der Waals surface area contributed by atoms with Crippen molar-refractivity contribution in [1.82, 2.24) is 9.80 Å². The van der Waals surface area contributed by atoms with Gasteiger partial charge in [0.2, 0.25) is 11.5 Å². The lowest BCUT2D eigenvalue weighted by molar-refractivity contribution is 0.101.